The molecular weight excluding hydrogens is 268 g/mol. The van der Waals surface area contributed by atoms with Gasteiger partial charge < -0.3 is 19.7 Å². The maximum absolute atomic E-state index is 5.76. The highest BCUT2D eigenvalue weighted by Crippen LogP contribution is 2.32. The quantitative estimate of drug-likeness (QED) is 0.900. The van der Waals surface area contributed by atoms with Gasteiger partial charge in [-0.05, 0) is 20.8 Å². The molecule has 2 fully saturated rings. The van der Waals surface area contributed by atoms with E-state index in [4.69, 9.17) is 9.47 Å². The van der Waals surface area contributed by atoms with Crippen molar-refractivity contribution in [2.24, 2.45) is 0 Å². The van der Waals surface area contributed by atoms with Crippen molar-refractivity contribution in [3.05, 3.63) is 12.4 Å². The van der Waals surface area contributed by atoms with Crippen LogP contribution in [0, 0.1) is 0 Å². The van der Waals surface area contributed by atoms with Gasteiger partial charge in [-0.3, -0.25) is 0 Å². The molecule has 1 N–H and O–H groups in total. The summed E-state index contributed by atoms with van der Waals surface area (Å²) in [5.41, 5.74) is -0.0108. The number of nitrogens with one attached hydrogen (secondary N) is 1. The van der Waals surface area contributed by atoms with Gasteiger partial charge in [-0.2, -0.15) is 0 Å². The number of nitrogens with zero attached hydrogens (tertiary/aromatic N) is 3. The minimum atomic E-state index is -0.337. The fraction of sp³-hybridized carbons (Fsp3) is 0.733. The molecule has 0 bridgehead atoms. The van der Waals surface area contributed by atoms with Crippen LogP contribution in [-0.2, 0) is 9.47 Å². The average Bonchev–Trinajstić information content (AvgIpc) is 2.86. The van der Waals surface area contributed by atoms with E-state index >= 15 is 0 Å². The maximum atomic E-state index is 5.76. The number of rotatable bonds is 2. The second-order valence-electron chi connectivity index (χ2n) is 6.73. The van der Waals surface area contributed by atoms with Gasteiger partial charge in [-0.1, -0.05) is 0 Å². The lowest BCUT2D eigenvalue weighted by Crippen LogP contribution is -2.45. The smallest absolute Gasteiger partial charge is 0.171 e. The molecule has 3 heterocycles. The Balaban J connectivity index is 1.66. The second-order valence-corrected chi connectivity index (χ2v) is 6.73. The molecule has 21 heavy (non-hydrogen) atoms. The molecule has 0 aliphatic carbocycles. The highest BCUT2D eigenvalue weighted by Gasteiger charge is 2.40. The van der Waals surface area contributed by atoms with Crippen LogP contribution < -0.4 is 10.2 Å². The van der Waals surface area contributed by atoms with Crippen molar-refractivity contribution >= 4 is 11.6 Å². The predicted octanol–water partition coefficient (Wildman–Crippen LogP) is 2.03. The van der Waals surface area contributed by atoms with E-state index in [9.17, 15) is 0 Å². The highest BCUT2D eigenvalue weighted by molar-refractivity contribution is 5.49. The number of anilines is 2. The largest absolute Gasteiger partial charge is 0.365 e. The number of ether oxygens (including phenoxy) is 2. The van der Waals surface area contributed by atoms with Gasteiger partial charge in [0.05, 0.1) is 13.2 Å². The molecule has 2 saturated heterocycles. The minimum Gasteiger partial charge on any atom is -0.365 e. The predicted molar refractivity (Wildman–Crippen MR) is 81.5 cm³/mol. The number of piperidine rings is 1. The third kappa shape index (κ3) is 3.44. The Morgan fingerprint density at radius 1 is 1.14 bits per heavy atom. The zero-order valence-corrected chi connectivity index (χ0v) is 13.1. The lowest BCUT2D eigenvalue weighted by Gasteiger charge is -2.38. The van der Waals surface area contributed by atoms with Crippen molar-refractivity contribution in [3.8, 4) is 0 Å². The average molecular weight is 292 g/mol. The molecule has 116 valence electrons. The van der Waals surface area contributed by atoms with Crippen molar-refractivity contribution in [1.82, 2.24) is 9.97 Å². The van der Waals surface area contributed by atoms with Crippen LogP contribution in [0.15, 0.2) is 12.4 Å². The van der Waals surface area contributed by atoms with E-state index in [1.807, 2.05) is 6.07 Å². The Labute approximate surface area is 125 Å². The number of aromatic nitrogens is 2. The Morgan fingerprint density at radius 2 is 1.81 bits per heavy atom. The van der Waals surface area contributed by atoms with Crippen LogP contribution in [0.5, 0.6) is 0 Å². The molecule has 6 nitrogen and oxygen atoms in total. The van der Waals surface area contributed by atoms with Gasteiger partial charge in [-0.15, -0.1) is 0 Å². The van der Waals surface area contributed by atoms with Gasteiger partial charge in [0.25, 0.3) is 0 Å². The first-order valence-corrected chi connectivity index (χ1v) is 7.59. The van der Waals surface area contributed by atoms with Crippen LogP contribution in [0.25, 0.3) is 0 Å². The topological polar surface area (TPSA) is 59.5 Å². The molecule has 0 saturated carbocycles. The first kappa shape index (κ1) is 14.5. The van der Waals surface area contributed by atoms with E-state index in [0.717, 1.165) is 37.6 Å². The molecule has 2 aliphatic rings. The van der Waals surface area contributed by atoms with Crippen LogP contribution >= 0.6 is 0 Å². The zero-order valence-electron chi connectivity index (χ0n) is 13.1. The van der Waals surface area contributed by atoms with Crippen molar-refractivity contribution in [2.75, 3.05) is 36.5 Å². The molecule has 1 aromatic rings. The van der Waals surface area contributed by atoms with E-state index < -0.39 is 0 Å². The molecule has 3 rings (SSSR count). The summed E-state index contributed by atoms with van der Waals surface area (Å²) in [5, 5.41) is 3.38. The number of hydrogen-bond donors (Lipinski definition) is 1. The second kappa shape index (κ2) is 5.42. The monoisotopic (exact) mass is 292 g/mol. The summed E-state index contributed by atoms with van der Waals surface area (Å²) < 4.78 is 11.5. The SMILES string of the molecule is CC(C)(C)Nc1cc(N2CCC3(CC2)OCCO3)ncn1. The van der Waals surface area contributed by atoms with E-state index in [1.54, 1.807) is 6.33 Å². The molecular formula is C15H24N4O2. The van der Waals surface area contributed by atoms with Crippen LogP contribution in [0.1, 0.15) is 33.6 Å². The van der Waals surface area contributed by atoms with Crippen molar-refractivity contribution in [3.63, 3.8) is 0 Å². The van der Waals surface area contributed by atoms with Crippen LogP contribution in [-0.4, -0.2) is 47.6 Å². The third-order valence-electron chi connectivity index (χ3n) is 3.82. The van der Waals surface area contributed by atoms with Crippen molar-refractivity contribution in [2.45, 2.75) is 44.9 Å². The molecule has 0 amide bonds. The summed E-state index contributed by atoms with van der Waals surface area (Å²) in [6, 6.07) is 2.01. The summed E-state index contributed by atoms with van der Waals surface area (Å²) in [6.07, 6.45) is 3.40. The van der Waals surface area contributed by atoms with Gasteiger partial charge in [0.1, 0.15) is 18.0 Å². The zero-order chi connectivity index (χ0) is 14.9. The Hall–Kier alpha value is -1.40. The number of hydrogen-bond acceptors (Lipinski definition) is 6. The molecule has 6 heteroatoms. The van der Waals surface area contributed by atoms with E-state index in [0.29, 0.717) is 13.2 Å². The van der Waals surface area contributed by atoms with Crippen LogP contribution in [0.3, 0.4) is 0 Å². The Morgan fingerprint density at radius 3 is 2.43 bits per heavy atom. The van der Waals surface area contributed by atoms with Crippen molar-refractivity contribution in [1.29, 1.82) is 0 Å². The van der Waals surface area contributed by atoms with Crippen LogP contribution in [0.4, 0.5) is 11.6 Å². The normalized spacial score (nSPS) is 21.8. The van der Waals surface area contributed by atoms with E-state index in [2.05, 4.69) is 41.0 Å². The molecule has 1 spiro atoms. The first-order chi connectivity index (χ1) is 9.96. The standard InChI is InChI=1S/C15H24N4O2/c1-14(2,3)18-12-10-13(17-11-16-12)19-6-4-15(5-7-19)20-8-9-21-15/h10-11H,4-9H2,1-3H3,(H,16,17,18). The summed E-state index contributed by atoms with van der Waals surface area (Å²) in [6.45, 7) is 9.58. The fourth-order valence-corrected chi connectivity index (χ4v) is 2.83. The lowest BCUT2D eigenvalue weighted by atomic mass is 10.0. The molecule has 0 aromatic carbocycles. The minimum absolute atomic E-state index is 0.0108. The summed E-state index contributed by atoms with van der Waals surface area (Å²) >= 11 is 0. The highest BCUT2D eigenvalue weighted by atomic mass is 16.7. The maximum Gasteiger partial charge on any atom is 0.171 e. The van der Waals surface area contributed by atoms with Crippen LogP contribution in [0.2, 0.25) is 0 Å². The Bertz CT molecular complexity index is 485. The molecule has 2 aliphatic heterocycles. The molecule has 0 atom stereocenters. The third-order valence-corrected chi connectivity index (χ3v) is 3.82. The van der Waals surface area contributed by atoms with E-state index in [-0.39, 0.29) is 11.3 Å². The summed E-state index contributed by atoms with van der Waals surface area (Å²) in [7, 11) is 0. The summed E-state index contributed by atoms with van der Waals surface area (Å²) in [4.78, 5) is 11.0. The molecule has 0 unspecified atom stereocenters. The lowest BCUT2D eigenvalue weighted by molar-refractivity contribution is -0.169. The molecule has 1 aromatic heterocycles. The molecule has 0 radical (unpaired) electrons. The van der Waals surface area contributed by atoms with Gasteiger partial charge >= 0.3 is 0 Å². The van der Waals surface area contributed by atoms with Gasteiger partial charge in [0.2, 0.25) is 0 Å². The van der Waals surface area contributed by atoms with Gasteiger partial charge in [-0.25, -0.2) is 9.97 Å². The Kier molecular flexibility index (Phi) is 3.75. The van der Waals surface area contributed by atoms with Gasteiger partial charge in [0, 0.05) is 37.5 Å². The first-order valence-electron chi connectivity index (χ1n) is 7.59. The fourth-order valence-electron chi connectivity index (χ4n) is 2.83. The summed E-state index contributed by atoms with van der Waals surface area (Å²) in [5.74, 6) is 1.49. The van der Waals surface area contributed by atoms with Gasteiger partial charge in [0.15, 0.2) is 5.79 Å². The van der Waals surface area contributed by atoms with Crippen molar-refractivity contribution < 1.29 is 9.47 Å². The van der Waals surface area contributed by atoms with E-state index in [1.165, 1.54) is 0 Å².